The molecule has 1 aliphatic carbocycles. The first-order chi connectivity index (χ1) is 10.6. The Bertz CT molecular complexity index is 758. The van der Waals surface area contributed by atoms with E-state index in [1.807, 2.05) is 12.1 Å². The van der Waals surface area contributed by atoms with Crippen molar-refractivity contribution in [2.24, 2.45) is 5.92 Å². The van der Waals surface area contributed by atoms with Crippen molar-refractivity contribution in [3.63, 3.8) is 0 Å². The summed E-state index contributed by atoms with van der Waals surface area (Å²) >= 11 is 4.91. The number of fused-ring (bicyclic) bond motifs is 1. The van der Waals surface area contributed by atoms with Crippen molar-refractivity contribution in [1.82, 2.24) is 0 Å². The van der Waals surface area contributed by atoms with Crippen LogP contribution < -0.4 is 5.32 Å². The molecule has 0 spiro atoms. The Balaban J connectivity index is 1.88. The summed E-state index contributed by atoms with van der Waals surface area (Å²) in [6.45, 7) is 2.23. The zero-order chi connectivity index (χ0) is 15.7. The summed E-state index contributed by atoms with van der Waals surface area (Å²) in [7, 11) is 0. The Kier molecular flexibility index (Phi) is 4.32. The molecule has 0 fully saturated rings. The monoisotopic (exact) mass is 374 g/mol. The molecule has 1 heterocycles. The zero-order valence-electron chi connectivity index (χ0n) is 12.1. The molecule has 1 aromatic heterocycles. The molecule has 0 saturated carbocycles. The Hall–Kier alpha value is -1.64. The molecule has 1 atom stereocenters. The normalized spacial score (nSPS) is 16.7. The van der Waals surface area contributed by atoms with E-state index in [0.29, 0.717) is 22.0 Å². The third-order valence-electron chi connectivity index (χ3n) is 3.96. The van der Waals surface area contributed by atoms with Gasteiger partial charge >= 0.3 is 0 Å². The minimum absolute atomic E-state index is 0.171. The van der Waals surface area contributed by atoms with Gasteiger partial charge in [0.1, 0.15) is 11.1 Å². The largest absolute Gasteiger partial charge is 0.312 e. The van der Waals surface area contributed by atoms with Crippen LogP contribution in [0, 0.1) is 17.2 Å². The molecular formula is C17H15BrN2OS. The maximum absolute atomic E-state index is 12.3. The molecule has 3 rings (SSSR count). The molecule has 1 N–H and O–H groups in total. The van der Waals surface area contributed by atoms with Gasteiger partial charge in [0.2, 0.25) is 0 Å². The molecule has 5 heteroatoms. The number of hydrogen-bond acceptors (Lipinski definition) is 3. The summed E-state index contributed by atoms with van der Waals surface area (Å²) in [6.07, 6.45) is 3.05. The molecule has 22 heavy (non-hydrogen) atoms. The van der Waals surface area contributed by atoms with Crippen LogP contribution in [0.15, 0.2) is 28.7 Å². The predicted octanol–water partition coefficient (Wildman–Crippen LogP) is 4.76. The number of nitrogens with one attached hydrogen (secondary N) is 1. The van der Waals surface area contributed by atoms with Gasteiger partial charge in [0.25, 0.3) is 5.91 Å². The number of nitriles is 1. The van der Waals surface area contributed by atoms with E-state index >= 15 is 0 Å². The van der Waals surface area contributed by atoms with Crippen molar-refractivity contribution in [3.8, 4) is 6.07 Å². The van der Waals surface area contributed by atoms with Crippen molar-refractivity contribution in [1.29, 1.82) is 5.26 Å². The lowest BCUT2D eigenvalue weighted by Crippen LogP contribution is -2.12. The van der Waals surface area contributed by atoms with Gasteiger partial charge in [-0.3, -0.25) is 4.79 Å². The van der Waals surface area contributed by atoms with E-state index in [9.17, 15) is 10.1 Å². The number of nitrogens with zero attached hydrogens (tertiary/aromatic N) is 1. The molecule has 0 aliphatic heterocycles. The third-order valence-corrected chi connectivity index (χ3v) is 5.66. The molecule has 112 valence electrons. The number of carbonyl (C=O) groups is 1. The van der Waals surface area contributed by atoms with E-state index in [2.05, 4.69) is 34.2 Å². The Labute approximate surface area is 142 Å². The van der Waals surface area contributed by atoms with Gasteiger partial charge in [-0.1, -0.05) is 22.9 Å². The molecule has 0 saturated heterocycles. The van der Waals surface area contributed by atoms with Gasteiger partial charge in [-0.2, -0.15) is 5.26 Å². The van der Waals surface area contributed by atoms with Gasteiger partial charge in [-0.25, -0.2) is 0 Å². The van der Waals surface area contributed by atoms with Crippen molar-refractivity contribution >= 4 is 38.2 Å². The number of anilines is 1. The van der Waals surface area contributed by atoms with Crippen LogP contribution >= 0.6 is 27.3 Å². The van der Waals surface area contributed by atoms with Crippen LogP contribution in [0.1, 0.15) is 39.7 Å². The average molecular weight is 375 g/mol. The highest BCUT2D eigenvalue weighted by molar-refractivity contribution is 9.10. The molecule has 3 nitrogen and oxygen atoms in total. The number of carbonyl (C=O) groups excluding carboxylic acids is 1. The standard InChI is InChI=1S/C17H15BrN2OS/c1-10-2-7-13-14(9-19)17(22-15(13)8-10)20-16(21)11-3-5-12(18)6-4-11/h3-6,10H,2,7-8H2,1H3,(H,20,21)/t10-/m1/s1. The lowest BCUT2D eigenvalue weighted by molar-refractivity contribution is 0.102. The first-order valence-electron chi connectivity index (χ1n) is 7.20. The molecule has 0 unspecified atom stereocenters. The molecule has 2 aromatic rings. The zero-order valence-corrected chi connectivity index (χ0v) is 14.6. The van der Waals surface area contributed by atoms with E-state index in [1.165, 1.54) is 4.88 Å². The molecule has 1 aromatic carbocycles. The summed E-state index contributed by atoms with van der Waals surface area (Å²) in [4.78, 5) is 13.6. The van der Waals surface area contributed by atoms with Crippen LogP contribution in [0.4, 0.5) is 5.00 Å². The minimum Gasteiger partial charge on any atom is -0.312 e. The second-order valence-electron chi connectivity index (χ2n) is 5.63. The van der Waals surface area contributed by atoms with Crippen LogP contribution in [-0.2, 0) is 12.8 Å². The highest BCUT2D eigenvalue weighted by Gasteiger charge is 2.24. The first-order valence-corrected chi connectivity index (χ1v) is 8.81. The number of amides is 1. The van der Waals surface area contributed by atoms with Gasteiger partial charge in [-0.05, 0) is 55.0 Å². The van der Waals surface area contributed by atoms with Crippen molar-refractivity contribution in [3.05, 3.63) is 50.3 Å². The smallest absolute Gasteiger partial charge is 0.256 e. The minimum atomic E-state index is -0.171. The number of hydrogen-bond donors (Lipinski definition) is 1. The number of rotatable bonds is 2. The van der Waals surface area contributed by atoms with Crippen LogP contribution in [0.3, 0.4) is 0 Å². The van der Waals surface area contributed by atoms with Crippen LogP contribution in [0.5, 0.6) is 0 Å². The summed E-state index contributed by atoms with van der Waals surface area (Å²) < 4.78 is 0.933. The van der Waals surface area contributed by atoms with Gasteiger partial charge in [0.05, 0.1) is 5.56 Å². The van der Waals surface area contributed by atoms with Gasteiger partial charge in [0.15, 0.2) is 0 Å². The fourth-order valence-corrected chi connectivity index (χ4v) is 4.35. The van der Waals surface area contributed by atoms with Gasteiger partial charge < -0.3 is 5.32 Å². The number of thiophene rings is 1. The van der Waals surface area contributed by atoms with Gasteiger partial charge in [0, 0.05) is 14.9 Å². The lowest BCUT2D eigenvalue weighted by Gasteiger charge is -2.17. The molecule has 0 radical (unpaired) electrons. The van der Waals surface area contributed by atoms with Crippen LogP contribution in [0.25, 0.3) is 0 Å². The quantitative estimate of drug-likeness (QED) is 0.823. The second-order valence-corrected chi connectivity index (χ2v) is 7.65. The molecule has 0 bridgehead atoms. The maximum Gasteiger partial charge on any atom is 0.256 e. The van der Waals surface area contributed by atoms with E-state index < -0.39 is 0 Å². The number of benzene rings is 1. The summed E-state index contributed by atoms with van der Waals surface area (Å²) in [5.41, 5.74) is 2.38. The summed E-state index contributed by atoms with van der Waals surface area (Å²) in [5.74, 6) is 0.475. The van der Waals surface area contributed by atoms with E-state index in [4.69, 9.17) is 0 Å². The third kappa shape index (κ3) is 2.94. The van der Waals surface area contributed by atoms with Crippen molar-refractivity contribution in [2.75, 3.05) is 5.32 Å². The second kappa shape index (κ2) is 6.23. The molecular weight excluding hydrogens is 360 g/mol. The Morgan fingerprint density at radius 2 is 2.14 bits per heavy atom. The Morgan fingerprint density at radius 3 is 2.82 bits per heavy atom. The predicted molar refractivity (Wildman–Crippen MR) is 92.3 cm³/mol. The van der Waals surface area contributed by atoms with E-state index in [0.717, 1.165) is 29.3 Å². The highest BCUT2D eigenvalue weighted by Crippen LogP contribution is 2.39. The number of halogens is 1. The van der Waals surface area contributed by atoms with Crippen LogP contribution in [0.2, 0.25) is 0 Å². The molecule has 1 amide bonds. The summed E-state index contributed by atoms with van der Waals surface area (Å²) in [5, 5.41) is 13.0. The topological polar surface area (TPSA) is 52.9 Å². The van der Waals surface area contributed by atoms with Crippen molar-refractivity contribution < 1.29 is 4.79 Å². The molecule has 1 aliphatic rings. The lowest BCUT2D eigenvalue weighted by atomic mass is 9.88. The first kappa shape index (κ1) is 15.3. The fraction of sp³-hybridized carbons (Fsp3) is 0.294. The van der Waals surface area contributed by atoms with Gasteiger partial charge in [-0.15, -0.1) is 11.3 Å². The highest BCUT2D eigenvalue weighted by atomic mass is 79.9. The van der Waals surface area contributed by atoms with E-state index in [-0.39, 0.29) is 5.91 Å². The van der Waals surface area contributed by atoms with Crippen LogP contribution in [-0.4, -0.2) is 5.91 Å². The Morgan fingerprint density at radius 1 is 1.41 bits per heavy atom. The average Bonchev–Trinajstić information content (AvgIpc) is 2.83. The van der Waals surface area contributed by atoms with E-state index in [1.54, 1.807) is 23.5 Å². The SMILES string of the molecule is C[C@@H]1CCc2c(sc(NC(=O)c3ccc(Br)cc3)c2C#N)C1. The summed E-state index contributed by atoms with van der Waals surface area (Å²) in [6, 6.07) is 9.47. The fourth-order valence-electron chi connectivity index (χ4n) is 2.73. The maximum atomic E-state index is 12.3. The van der Waals surface area contributed by atoms with Crippen molar-refractivity contribution in [2.45, 2.75) is 26.2 Å².